The second-order valence-corrected chi connectivity index (χ2v) is 3.03. The lowest BCUT2D eigenvalue weighted by Gasteiger charge is -2.00. The van der Waals surface area contributed by atoms with E-state index in [1.165, 1.54) is 18.7 Å². The maximum atomic E-state index is 11.5. The maximum absolute atomic E-state index is 11.5. The quantitative estimate of drug-likeness (QED) is 0.536. The molecule has 0 bridgehead atoms. The number of aromatic amines is 1. The average molecular weight is 195 g/mol. The predicted molar refractivity (Wildman–Crippen MR) is 51.0 cm³/mol. The smallest absolute Gasteiger partial charge is 0.332 e. The number of nitrogens with one attached hydrogen (secondary N) is 1. The van der Waals surface area contributed by atoms with Crippen LogP contribution < -0.4 is 17.0 Å². The van der Waals surface area contributed by atoms with Gasteiger partial charge in [0.05, 0.1) is 0 Å². The van der Waals surface area contributed by atoms with Gasteiger partial charge in [-0.15, -0.1) is 0 Å². The van der Waals surface area contributed by atoms with Crippen LogP contribution in [-0.4, -0.2) is 19.1 Å². The highest BCUT2D eigenvalue weighted by molar-refractivity contribution is 5.71. The largest absolute Gasteiger partial charge is 0.369 e. The molecule has 2 aromatic heterocycles. The third-order valence-electron chi connectivity index (χ3n) is 2.11. The zero-order valence-corrected chi connectivity index (χ0v) is 7.74. The minimum Gasteiger partial charge on any atom is -0.369 e. The number of aromatic nitrogens is 4. The summed E-state index contributed by atoms with van der Waals surface area (Å²) in [5.41, 5.74) is 5.07. The van der Waals surface area contributed by atoms with Gasteiger partial charge in [0.1, 0.15) is 0 Å². The van der Waals surface area contributed by atoms with Crippen molar-refractivity contribution in [3.05, 3.63) is 20.8 Å². The number of nitrogen functional groups attached to an aromatic ring is 1. The van der Waals surface area contributed by atoms with Gasteiger partial charge in [-0.1, -0.05) is 0 Å². The minimum absolute atomic E-state index is 0.123. The molecule has 0 saturated heterocycles. The minimum atomic E-state index is -0.424. The van der Waals surface area contributed by atoms with Crippen molar-refractivity contribution < 1.29 is 0 Å². The number of rotatable bonds is 0. The lowest BCUT2D eigenvalue weighted by atomic mass is 10.5. The van der Waals surface area contributed by atoms with E-state index in [1.54, 1.807) is 0 Å². The predicted octanol–water partition coefficient (Wildman–Crippen LogP) is -1.46. The van der Waals surface area contributed by atoms with Crippen molar-refractivity contribution in [2.45, 2.75) is 0 Å². The molecule has 3 N–H and O–H groups in total. The number of hydrogen-bond donors (Lipinski definition) is 2. The van der Waals surface area contributed by atoms with E-state index >= 15 is 0 Å². The van der Waals surface area contributed by atoms with E-state index in [4.69, 9.17) is 5.73 Å². The standard InChI is InChI=1S/C7H9N5O2/c1-11-4-3(9-6(8)10-4)5(13)12(2)7(11)14/h1-2H3,(H3,8,9,10). The number of aryl methyl sites for hydroxylation is 1. The summed E-state index contributed by atoms with van der Waals surface area (Å²) in [7, 11) is 2.94. The Morgan fingerprint density at radius 1 is 1.29 bits per heavy atom. The number of hydrogen-bond acceptors (Lipinski definition) is 4. The van der Waals surface area contributed by atoms with Gasteiger partial charge in [-0.05, 0) is 0 Å². The number of nitrogens with zero attached hydrogens (tertiary/aromatic N) is 3. The highest BCUT2D eigenvalue weighted by Crippen LogP contribution is 2.03. The van der Waals surface area contributed by atoms with Crippen molar-refractivity contribution in [2.75, 3.05) is 5.73 Å². The van der Waals surface area contributed by atoms with Gasteiger partial charge >= 0.3 is 5.69 Å². The lowest BCUT2D eigenvalue weighted by molar-refractivity contribution is 0.709. The fourth-order valence-electron chi connectivity index (χ4n) is 1.34. The molecule has 74 valence electrons. The van der Waals surface area contributed by atoms with Crippen molar-refractivity contribution >= 4 is 17.1 Å². The van der Waals surface area contributed by atoms with Crippen LogP contribution in [0.1, 0.15) is 0 Å². The van der Waals surface area contributed by atoms with Gasteiger partial charge in [0.25, 0.3) is 5.56 Å². The molecule has 0 radical (unpaired) electrons. The van der Waals surface area contributed by atoms with Gasteiger partial charge in [-0.3, -0.25) is 13.9 Å². The highest BCUT2D eigenvalue weighted by atomic mass is 16.2. The summed E-state index contributed by atoms with van der Waals surface area (Å²) in [6, 6.07) is 0. The second-order valence-electron chi connectivity index (χ2n) is 3.03. The molecule has 0 saturated carbocycles. The number of imidazole rings is 1. The Morgan fingerprint density at radius 2 is 1.93 bits per heavy atom. The molecule has 7 heteroatoms. The van der Waals surface area contributed by atoms with Crippen molar-refractivity contribution in [1.29, 1.82) is 0 Å². The number of nitrogens with two attached hydrogens (primary N) is 1. The Labute approximate surface area is 77.8 Å². The van der Waals surface area contributed by atoms with Crippen LogP contribution in [0.5, 0.6) is 0 Å². The molecule has 0 aliphatic rings. The molecule has 2 rings (SSSR count). The number of H-pyrrole nitrogens is 1. The fourth-order valence-corrected chi connectivity index (χ4v) is 1.34. The van der Waals surface area contributed by atoms with E-state index in [0.29, 0.717) is 0 Å². The van der Waals surface area contributed by atoms with E-state index in [0.717, 1.165) is 4.57 Å². The Kier molecular flexibility index (Phi) is 1.51. The fraction of sp³-hybridized carbons (Fsp3) is 0.286. The van der Waals surface area contributed by atoms with E-state index < -0.39 is 11.2 Å². The number of fused-ring (bicyclic) bond motifs is 1. The summed E-state index contributed by atoms with van der Waals surface area (Å²) >= 11 is 0. The van der Waals surface area contributed by atoms with Gasteiger partial charge in [-0.25, -0.2) is 4.79 Å². The van der Waals surface area contributed by atoms with Gasteiger partial charge in [0.2, 0.25) is 0 Å². The van der Waals surface area contributed by atoms with Gasteiger partial charge < -0.3 is 10.7 Å². The van der Waals surface area contributed by atoms with Crippen molar-refractivity contribution in [2.24, 2.45) is 14.1 Å². The maximum Gasteiger partial charge on any atom is 0.332 e. The topological polar surface area (TPSA) is 98.7 Å². The van der Waals surface area contributed by atoms with Crippen molar-refractivity contribution in [3.63, 3.8) is 0 Å². The molecular formula is C7H9N5O2. The van der Waals surface area contributed by atoms with Crippen LogP contribution in [-0.2, 0) is 14.1 Å². The first-order valence-corrected chi connectivity index (χ1v) is 3.93. The van der Waals surface area contributed by atoms with Crippen LogP contribution in [0.15, 0.2) is 9.59 Å². The Balaban J connectivity index is 3.17. The highest BCUT2D eigenvalue weighted by Gasteiger charge is 2.11. The summed E-state index contributed by atoms with van der Waals surface area (Å²) in [6.07, 6.45) is 0. The second kappa shape index (κ2) is 2.47. The SMILES string of the molecule is Cn1c(=O)c2[nH]c(N)nc2n(C)c1=O. The van der Waals surface area contributed by atoms with Crippen LogP contribution in [0, 0.1) is 0 Å². The zero-order chi connectivity index (χ0) is 10.5. The molecule has 0 atom stereocenters. The summed E-state index contributed by atoms with van der Waals surface area (Å²) in [6.45, 7) is 0. The van der Waals surface area contributed by atoms with E-state index in [9.17, 15) is 9.59 Å². The van der Waals surface area contributed by atoms with Gasteiger partial charge in [-0.2, -0.15) is 4.98 Å². The molecule has 0 amide bonds. The molecule has 7 nitrogen and oxygen atoms in total. The molecule has 2 aromatic rings. The van der Waals surface area contributed by atoms with Gasteiger partial charge in [0, 0.05) is 14.1 Å². The normalized spacial score (nSPS) is 11.0. The van der Waals surface area contributed by atoms with E-state index in [-0.39, 0.29) is 17.1 Å². The summed E-state index contributed by atoms with van der Waals surface area (Å²) < 4.78 is 2.27. The van der Waals surface area contributed by atoms with Crippen LogP contribution in [0.4, 0.5) is 5.95 Å². The zero-order valence-electron chi connectivity index (χ0n) is 7.74. The van der Waals surface area contributed by atoms with Crippen LogP contribution >= 0.6 is 0 Å². The first-order chi connectivity index (χ1) is 6.52. The van der Waals surface area contributed by atoms with Crippen LogP contribution in [0.25, 0.3) is 11.2 Å². The first kappa shape index (κ1) is 8.54. The first-order valence-electron chi connectivity index (χ1n) is 3.93. The van der Waals surface area contributed by atoms with Gasteiger partial charge in [0.15, 0.2) is 17.1 Å². The lowest BCUT2D eigenvalue weighted by Crippen LogP contribution is -2.36. The van der Waals surface area contributed by atoms with Crippen LogP contribution in [0.2, 0.25) is 0 Å². The average Bonchev–Trinajstić information content (AvgIpc) is 2.54. The van der Waals surface area contributed by atoms with Crippen molar-refractivity contribution in [1.82, 2.24) is 19.1 Å². The number of anilines is 1. The summed E-state index contributed by atoms with van der Waals surface area (Å²) in [5.74, 6) is 0.123. The molecule has 0 aliphatic carbocycles. The molecular weight excluding hydrogens is 186 g/mol. The molecule has 0 aromatic carbocycles. The van der Waals surface area contributed by atoms with E-state index in [1.807, 2.05) is 0 Å². The molecule has 0 fully saturated rings. The van der Waals surface area contributed by atoms with E-state index in [2.05, 4.69) is 9.97 Å². The van der Waals surface area contributed by atoms with Crippen LogP contribution in [0.3, 0.4) is 0 Å². The third kappa shape index (κ3) is 0.889. The molecule has 0 unspecified atom stereocenters. The molecule has 2 heterocycles. The molecule has 14 heavy (non-hydrogen) atoms. The van der Waals surface area contributed by atoms with Crippen molar-refractivity contribution in [3.8, 4) is 0 Å². The monoisotopic (exact) mass is 195 g/mol. The Bertz CT molecular complexity index is 617. The summed E-state index contributed by atoms with van der Waals surface area (Å²) in [5, 5.41) is 0. The third-order valence-corrected chi connectivity index (χ3v) is 2.11. The Morgan fingerprint density at radius 3 is 2.57 bits per heavy atom. The summed E-state index contributed by atoms with van der Waals surface area (Å²) in [4.78, 5) is 29.4. The Hall–Kier alpha value is -2.05. The molecule has 0 aliphatic heterocycles. The molecule has 0 spiro atoms.